The molecule has 1 N–H and O–H groups in total. The van der Waals surface area contributed by atoms with E-state index in [1.807, 2.05) is 30.3 Å². The van der Waals surface area contributed by atoms with Crippen molar-refractivity contribution in [3.05, 3.63) is 71.3 Å². The molecule has 2 atom stereocenters. The summed E-state index contributed by atoms with van der Waals surface area (Å²) in [5.74, 6) is 0.361. The maximum atomic E-state index is 13.1. The van der Waals surface area contributed by atoms with E-state index in [9.17, 15) is 4.79 Å². The van der Waals surface area contributed by atoms with Gasteiger partial charge in [-0.3, -0.25) is 10.2 Å². The highest BCUT2D eigenvalue weighted by atomic mass is 16.5. The number of aryl methyl sites for hydroxylation is 1. The van der Waals surface area contributed by atoms with Gasteiger partial charge in [0.2, 0.25) is 0 Å². The highest BCUT2D eigenvalue weighted by Gasteiger charge is 2.37. The Bertz CT molecular complexity index is 752. The molecule has 3 heterocycles. The van der Waals surface area contributed by atoms with E-state index >= 15 is 0 Å². The number of piperidine rings is 3. The van der Waals surface area contributed by atoms with Crippen LogP contribution in [0.3, 0.4) is 0 Å². The number of carbonyl (C=O) groups excluding carboxylic acids is 1. The minimum Gasteiger partial charge on any atom is -0.459 e. The van der Waals surface area contributed by atoms with Gasteiger partial charge in [0.15, 0.2) is 0 Å². The van der Waals surface area contributed by atoms with Crippen LogP contribution in [0.5, 0.6) is 0 Å². The van der Waals surface area contributed by atoms with Gasteiger partial charge in [-0.05, 0) is 49.9 Å². The van der Waals surface area contributed by atoms with Crippen LogP contribution in [0.25, 0.3) is 0 Å². The van der Waals surface area contributed by atoms with Crippen LogP contribution in [-0.2, 0) is 16.1 Å². The lowest BCUT2D eigenvalue weighted by Crippen LogP contribution is -2.52. The largest absolute Gasteiger partial charge is 0.459 e. The molecule has 0 saturated carbocycles. The van der Waals surface area contributed by atoms with Crippen molar-refractivity contribution in [2.45, 2.75) is 38.5 Å². The molecule has 0 spiro atoms. The van der Waals surface area contributed by atoms with Gasteiger partial charge in [-0.2, -0.15) is 0 Å². The fourth-order valence-corrected chi connectivity index (χ4v) is 4.17. The third-order valence-electron chi connectivity index (χ3n) is 5.86. The lowest BCUT2D eigenvalue weighted by atomic mass is 9.86. The topological polar surface area (TPSA) is 41.6 Å². The minimum atomic E-state index is -0.442. The summed E-state index contributed by atoms with van der Waals surface area (Å²) in [7, 11) is 0. The van der Waals surface area contributed by atoms with E-state index in [2.05, 4.69) is 41.4 Å². The Hall–Kier alpha value is -2.17. The molecule has 27 heavy (non-hydrogen) atoms. The van der Waals surface area contributed by atoms with E-state index < -0.39 is 6.04 Å². The molecule has 2 unspecified atom stereocenters. The lowest BCUT2D eigenvalue weighted by Gasteiger charge is -2.44. The molecule has 3 saturated heterocycles. The van der Waals surface area contributed by atoms with Crippen molar-refractivity contribution >= 4 is 5.97 Å². The molecule has 0 aromatic heterocycles. The third kappa shape index (κ3) is 4.40. The lowest BCUT2D eigenvalue weighted by molar-refractivity contribution is -0.161. The van der Waals surface area contributed by atoms with Gasteiger partial charge in [-0.1, -0.05) is 60.2 Å². The predicted molar refractivity (Wildman–Crippen MR) is 106 cm³/mol. The summed E-state index contributed by atoms with van der Waals surface area (Å²) in [6, 6.07) is 17.8. The Morgan fingerprint density at radius 1 is 1.11 bits per heavy atom. The van der Waals surface area contributed by atoms with E-state index in [-0.39, 0.29) is 12.1 Å². The van der Waals surface area contributed by atoms with E-state index in [4.69, 9.17) is 4.74 Å². The van der Waals surface area contributed by atoms with Crippen molar-refractivity contribution in [3.8, 4) is 0 Å². The molecule has 4 nitrogen and oxygen atoms in total. The monoisotopic (exact) mass is 364 g/mol. The van der Waals surface area contributed by atoms with E-state index in [1.165, 1.54) is 5.56 Å². The van der Waals surface area contributed by atoms with Gasteiger partial charge in [0.1, 0.15) is 12.1 Å². The number of benzene rings is 2. The molecular formula is C23H28N2O2. The standard InChI is InChI=1S/C23H28N2O2/c1-17-7-9-18(10-8-17)15-24-22(20-5-3-2-4-6-20)23(26)27-21-16-25-13-11-19(21)12-14-25/h2-10,19,21-22,24H,11-16H2,1H3. The van der Waals surface area contributed by atoms with Crippen LogP contribution >= 0.6 is 0 Å². The van der Waals surface area contributed by atoms with Crippen molar-refractivity contribution in [2.24, 2.45) is 5.92 Å². The number of carbonyl (C=O) groups is 1. The molecule has 0 radical (unpaired) electrons. The van der Waals surface area contributed by atoms with E-state index in [0.29, 0.717) is 12.5 Å². The number of hydrogen-bond donors (Lipinski definition) is 1. The third-order valence-corrected chi connectivity index (χ3v) is 5.86. The zero-order valence-corrected chi connectivity index (χ0v) is 15.9. The highest BCUT2D eigenvalue weighted by Crippen LogP contribution is 2.30. The quantitative estimate of drug-likeness (QED) is 0.797. The summed E-state index contributed by atoms with van der Waals surface area (Å²) in [5, 5.41) is 3.42. The molecular weight excluding hydrogens is 336 g/mol. The molecule has 0 aliphatic carbocycles. The second kappa shape index (κ2) is 8.24. The molecule has 3 fully saturated rings. The first-order valence-electron chi connectivity index (χ1n) is 9.96. The highest BCUT2D eigenvalue weighted by molar-refractivity contribution is 5.78. The van der Waals surface area contributed by atoms with E-state index in [1.54, 1.807) is 0 Å². The summed E-state index contributed by atoms with van der Waals surface area (Å²) in [6.45, 7) is 5.89. The number of fused-ring (bicyclic) bond motifs is 3. The summed E-state index contributed by atoms with van der Waals surface area (Å²) >= 11 is 0. The van der Waals surface area contributed by atoms with Crippen molar-refractivity contribution in [2.75, 3.05) is 19.6 Å². The summed E-state index contributed by atoms with van der Waals surface area (Å²) in [4.78, 5) is 15.5. The van der Waals surface area contributed by atoms with Crippen LogP contribution in [0.4, 0.5) is 0 Å². The minimum absolute atomic E-state index is 0.0346. The molecule has 2 bridgehead atoms. The average molecular weight is 364 g/mol. The van der Waals surface area contributed by atoms with Crippen LogP contribution in [0.1, 0.15) is 35.6 Å². The molecule has 4 heteroatoms. The van der Waals surface area contributed by atoms with Crippen LogP contribution in [-0.4, -0.2) is 36.6 Å². The average Bonchev–Trinajstić information content (AvgIpc) is 2.71. The Morgan fingerprint density at radius 2 is 1.81 bits per heavy atom. The van der Waals surface area contributed by atoms with Crippen molar-refractivity contribution in [3.63, 3.8) is 0 Å². The van der Waals surface area contributed by atoms with Crippen molar-refractivity contribution in [1.29, 1.82) is 0 Å². The van der Waals surface area contributed by atoms with Gasteiger partial charge in [-0.25, -0.2) is 4.79 Å². The van der Waals surface area contributed by atoms with Gasteiger partial charge in [0.25, 0.3) is 0 Å². The molecule has 0 amide bonds. The summed E-state index contributed by atoms with van der Waals surface area (Å²) < 4.78 is 6.01. The van der Waals surface area contributed by atoms with Gasteiger partial charge >= 0.3 is 5.97 Å². The molecule has 142 valence electrons. The molecule has 3 aliphatic heterocycles. The molecule has 2 aromatic rings. The van der Waals surface area contributed by atoms with Crippen LogP contribution in [0.15, 0.2) is 54.6 Å². The number of esters is 1. The number of rotatable bonds is 6. The number of hydrogen-bond acceptors (Lipinski definition) is 4. The smallest absolute Gasteiger partial charge is 0.328 e. The SMILES string of the molecule is Cc1ccc(CNC(C(=O)OC2CN3CCC2CC3)c2ccccc2)cc1. The first-order chi connectivity index (χ1) is 13.2. The maximum absolute atomic E-state index is 13.1. The number of ether oxygens (including phenoxy) is 1. The van der Waals surface area contributed by atoms with Crippen LogP contribution < -0.4 is 5.32 Å². The van der Waals surface area contributed by atoms with Crippen LogP contribution in [0.2, 0.25) is 0 Å². The van der Waals surface area contributed by atoms with Crippen molar-refractivity contribution in [1.82, 2.24) is 10.2 Å². The fraction of sp³-hybridized carbons (Fsp3) is 0.435. The fourth-order valence-electron chi connectivity index (χ4n) is 4.17. The molecule has 2 aromatic carbocycles. The number of nitrogens with zero attached hydrogens (tertiary/aromatic N) is 1. The van der Waals surface area contributed by atoms with Gasteiger partial charge in [-0.15, -0.1) is 0 Å². The van der Waals surface area contributed by atoms with Crippen LogP contribution in [0, 0.1) is 12.8 Å². The van der Waals surface area contributed by atoms with E-state index in [0.717, 1.165) is 43.6 Å². The second-order valence-electron chi connectivity index (χ2n) is 7.82. The first-order valence-corrected chi connectivity index (χ1v) is 9.96. The van der Waals surface area contributed by atoms with Gasteiger partial charge in [0, 0.05) is 13.1 Å². The molecule has 5 rings (SSSR count). The zero-order valence-electron chi connectivity index (χ0n) is 15.9. The molecule has 3 aliphatic rings. The first kappa shape index (κ1) is 18.2. The Kier molecular flexibility index (Phi) is 5.55. The van der Waals surface area contributed by atoms with Gasteiger partial charge < -0.3 is 4.74 Å². The summed E-state index contributed by atoms with van der Waals surface area (Å²) in [6.07, 6.45) is 2.32. The second-order valence-corrected chi connectivity index (χ2v) is 7.82. The zero-order chi connectivity index (χ0) is 18.6. The Morgan fingerprint density at radius 3 is 2.44 bits per heavy atom. The normalized spacial score (nSPS) is 25.1. The number of nitrogens with one attached hydrogen (secondary N) is 1. The Labute approximate surface area is 161 Å². The maximum Gasteiger partial charge on any atom is 0.328 e. The Balaban J connectivity index is 1.45. The van der Waals surface area contributed by atoms with Crippen molar-refractivity contribution < 1.29 is 9.53 Å². The van der Waals surface area contributed by atoms with Gasteiger partial charge in [0.05, 0.1) is 0 Å². The summed E-state index contributed by atoms with van der Waals surface area (Å²) in [5.41, 5.74) is 3.35. The predicted octanol–water partition coefficient (Wildman–Crippen LogP) is 3.46.